The van der Waals surface area contributed by atoms with Crippen molar-refractivity contribution >= 4 is 25.9 Å². The van der Waals surface area contributed by atoms with E-state index in [0.717, 1.165) is 4.31 Å². The van der Waals surface area contributed by atoms with E-state index >= 15 is 0 Å². The fourth-order valence-corrected chi connectivity index (χ4v) is 2.89. The molecule has 0 saturated heterocycles. The Balaban J connectivity index is 2.53. The highest BCUT2D eigenvalue weighted by Crippen LogP contribution is 2.07. The van der Waals surface area contributed by atoms with E-state index in [2.05, 4.69) is 9.44 Å². The fourth-order valence-electron chi connectivity index (χ4n) is 1.17. The lowest BCUT2D eigenvalue weighted by molar-refractivity contribution is 0.507. The summed E-state index contributed by atoms with van der Waals surface area (Å²) in [5, 5.41) is 0. The highest BCUT2D eigenvalue weighted by atomic mass is 32.2. The van der Waals surface area contributed by atoms with Gasteiger partial charge in [-0.15, -0.1) is 0 Å². The van der Waals surface area contributed by atoms with Gasteiger partial charge in [-0.1, -0.05) is 18.2 Å². The SMILES string of the molecule is CN(C)S(=O)(=O)NCCS(=O)(=O)Nc1ccccc1. The Morgan fingerprint density at radius 1 is 1.05 bits per heavy atom. The third kappa shape index (κ3) is 5.55. The standard InChI is InChI=1S/C10H17N3O4S2/c1-13(2)19(16,17)11-8-9-18(14,15)12-10-6-4-3-5-7-10/h3-7,11-12H,8-9H2,1-2H3. The Morgan fingerprint density at radius 3 is 2.16 bits per heavy atom. The molecule has 1 rings (SSSR count). The first-order valence-electron chi connectivity index (χ1n) is 5.45. The maximum absolute atomic E-state index is 11.7. The summed E-state index contributed by atoms with van der Waals surface area (Å²) in [6.07, 6.45) is 0. The summed E-state index contributed by atoms with van der Waals surface area (Å²) in [6.45, 7) is -0.192. The van der Waals surface area contributed by atoms with E-state index in [1.807, 2.05) is 0 Å². The van der Waals surface area contributed by atoms with Crippen LogP contribution in [0.4, 0.5) is 5.69 Å². The van der Waals surface area contributed by atoms with E-state index in [1.54, 1.807) is 30.3 Å². The van der Waals surface area contributed by atoms with Crippen molar-refractivity contribution in [3.05, 3.63) is 30.3 Å². The maximum atomic E-state index is 11.7. The lowest BCUT2D eigenvalue weighted by Gasteiger charge is -2.12. The molecule has 7 nitrogen and oxygen atoms in total. The van der Waals surface area contributed by atoms with Crippen LogP contribution in [0.15, 0.2) is 30.3 Å². The Kier molecular flexibility index (Phi) is 5.29. The van der Waals surface area contributed by atoms with E-state index in [0.29, 0.717) is 5.69 Å². The fraction of sp³-hybridized carbons (Fsp3) is 0.400. The van der Waals surface area contributed by atoms with Crippen molar-refractivity contribution in [2.75, 3.05) is 31.1 Å². The second-order valence-electron chi connectivity index (χ2n) is 3.97. The Hall–Kier alpha value is -1.16. The summed E-state index contributed by atoms with van der Waals surface area (Å²) >= 11 is 0. The van der Waals surface area contributed by atoms with Crippen LogP contribution in [0, 0.1) is 0 Å². The van der Waals surface area contributed by atoms with Crippen molar-refractivity contribution in [3.63, 3.8) is 0 Å². The predicted octanol–water partition coefficient (Wildman–Crippen LogP) is -0.176. The minimum absolute atomic E-state index is 0.192. The van der Waals surface area contributed by atoms with E-state index in [1.165, 1.54) is 14.1 Å². The van der Waals surface area contributed by atoms with Crippen LogP contribution in [0.3, 0.4) is 0 Å². The molecule has 0 fully saturated rings. The summed E-state index contributed by atoms with van der Waals surface area (Å²) in [4.78, 5) is 0. The van der Waals surface area contributed by atoms with Gasteiger partial charge in [0.05, 0.1) is 5.75 Å². The van der Waals surface area contributed by atoms with Crippen molar-refractivity contribution < 1.29 is 16.8 Å². The molecule has 0 aliphatic heterocycles. The van der Waals surface area contributed by atoms with E-state index in [9.17, 15) is 16.8 Å². The van der Waals surface area contributed by atoms with Gasteiger partial charge in [0.1, 0.15) is 0 Å². The number of hydrogen-bond acceptors (Lipinski definition) is 4. The second kappa shape index (κ2) is 6.33. The van der Waals surface area contributed by atoms with Gasteiger partial charge in [-0.25, -0.2) is 13.1 Å². The van der Waals surface area contributed by atoms with Crippen LogP contribution in [0.5, 0.6) is 0 Å². The van der Waals surface area contributed by atoms with Crippen molar-refractivity contribution in [3.8, 4) is 0 Å². The summed E-state index contributed by atoms with van der Waals surface area (Å²) in [6, 6.07) is 8.39. The van der Waals surface area contributed by atoms with E-state index in [4.69, 9.17) is 0 Å². The molecule has 0 aliphatic carbocycles. The molecule has 0 heterocycles. The first-order valence-corrected chi connectivity index (χ1v) is 8.55. The van der Waals surface area contributed by atoms with Gasteiger partial charge in [0.25, 0.3) is 10.2 Å². The van der Waals surface area contributed by atoms with Gasteiger partial charge >= 0.3 is 0 Å². The average molecular weight is 307 g/mol. The number of nitrogens with one attached hydrogen (secondary N) is 2. The lowest BCUT2D eigenvalue weighted by atomic mass is 10.3. The van der Waals surface area contributed by atoms with E-state index in [-0.39, 0.29) is 12.3 Å². The number of para-hydroxylation sites is 1. The topological polar surface area (TPSA) is 95.6 Å². The minimum atomic E-state index is -3.60. The van der Waals surface area contributed by atoms with Gasteiger partial charge in [0, 0.05) is 26.3 Å². The van der Waals surface area contributed by atoms with Gasteiger partial charge in [0.15, 0.2) is 0 Å². The third-order valence-corrected chi connectivity index (χ3v) is 5.00. The third-order valence-electron chi connectivity index (χ3n) is 2.18. The van der Waals surface area contributed by atoms with Gasteiger partial charge in [-0.2, -0.15) is 12.7 Å². The largest absolute Gasteiger partial charge is 0.284 e. The Labute approximate surface area is 113 Å². The van der Waals surface area contributed by atoms with Crippen LogP contribution < -0.4 is 9.44 Å². The van der Waals surface area contributed by atoms with Gasteiger partial charge in [0.2, 0.25) is 10.0 Å². The number of rotatable bonds is 7. The van der Waals surface area contributed by atoms with Crippen LogP contribution in [0.25, 0.3) is 0 Å². The van der Waals surface area contributed by atoms with Crippen LogP contribution in [-0.4, -0.2) is 47.5 Å². The van der Waals surface area contributed by atoms with Crippen LogP contribution in [-0.2, 0) is 20.2 Å². The van der Waals surface area contributed by atoms with Crippen molar-refractivity contribution in [2.24, 2.45) is 0 Å². The number of benzene rings is 1. The van der Waals surface area contributed by atoms with Crippen LogP contribution in [0.1, 0.15) is 0 Å². The zero-order valence-electron chi connectivity index (χ0n) is 10.7. The molecule has 19 heavy (non-hydrogen) atoms. The van der Waals surface area contributed by atoms with Gasteiger partial charge < -0.3 is 0 Å². The zero-order chi connectivity index (χ0) is 14.5. The number of sulfonamides is 1. The molecule has 0 radical (unpaired) electrons. The first-order chi connectivity index (χ1) is 8.73. The van der Waals surface area contributed by atoms with E-state index < -0.39 is 20.2 Å². The number of hydrogen-bond donors (Lipinski definition) is 2. The van der Waals surface area contributed by atoms with Crippen LogP contribution in [0.2, 0.25) is 0 Å². The second-order valence-corrected chi connectivity index (χ2v) is 7.78. The normalized spacial score (nSPS) is 12.6. The average Bonchev–Trinajstić information content (AvgIpc) is 2.28. The molecule has 0 spiro atoms. The summed E-state index contributed by atoms with van der Waals surface area (Å²) in [5.74, 6) is -0.338. The quantitative estimate of drug-likeness (QED) is 0.731. The highest BCUT2D eigenvalue weighted by molar-refractivity contribution is 7.92. The van der Waals surface area contributed by atoms with Gasteiger partial charge in [-0.05, 0) is 12.1 Å². The molecule has 1 aromatic rings. The molecule has 1 aromatic carbocycles. The molecule has 2 N–H and O–H groups in total. The van der Waals surface area contributed by atoms with Gasteiger partial charge in [-0.3, -0.25) is 4.72 Å². The molecular formula is C10H17N3O4S2. The lowest BCUT2D eigenvalue weighted by Crippen LogP contribution is -2.38. The molecule has 0 atom stereocenters. The molecule has 0 unspecified atom stereocenters. The molecular weight excluding hydrogens is 290 g/mol. The smallest absolute Gasteiger partial charge is 0.278 e. The summed E-state index contributed by atoms with van der Waals surface area (Å²) < 4.78 is 51.7. The minimum Gasteiger partial charge on any atom is -0.284 e. The molecule has 108 valence electrons. The van der Waals surface area contributed by atoms with Crippen molar-refractivity contribution in [1.29, 1.82) is 0 Å². The zero-order valence-corrected chi connectivity index (χ0v) is 12.3. The molecule has 0 amide bonds. The molecule has 0 aromatic heterocycles. The summed E-state index contributed by atoms with van der Waals surface area (Å²) in [5.41, 5.74) is 0.443. The number of anilines is 1. The van der Waals surface area contributed by atoms with Crippen molar-refractivity contribution in [2.45, 2.75) is 0 Å². The first kappa shape index (κ1) is 15.9. The monoisotopic (exact) mass is 307 g/mol. The molecule has 0 saturated carbocycles. The Bertz CT molecular complexity index is 597. The maximum Gasteiger partial charge on any atom is 0.278 e. The highest BCUT2D eigenvalue weighted by Gasteiger charge is 2.15. The number of nitrogens with zero attached hydrogens (tertiary/aromatic N) is 1. The summed E-state index contributed by atoms with van der Waals surface area (Å²) in [7, 11) is -4.46. The van der Waals surface area contributed by atoms with Crippen molar-refractivity contribution in [1.82, 2.24) is 9.03 Å². The Morgan fingerprint density at radius 2 is 1.63 bits per heavy atom. The predicted molar refractivity (Wildman–Crippen MR) is 74.5 cm³/mol. The molecule has 0 aliphatic rings. The molecule has 9 heteroatoms. The van der Waals surface area contributed by atoms with Crippen LogP contribution >= 0.6 is 0 Å². The molecule has 0 bridgehead atoms.